The largest absolute Gasteiger partial charge is 0.480 e. The third kappa shape index (κ3) is 2.75. The third-order valence-corrected chi connectivity index (χ3v) is 3.74. The van der Waals surface area contributed by atoms with Crippen LogP contribution in [0.1, 0.15) is 24.4 Å². The maximum Gasteiger partial charge on any atom is 0.325 e. The first-order valence-corrected chi connectivity index (χ1v) is 6.19. The van der Waals surface area contributed by atoms with Gasteiger partial charge in [-0.3, -0.25) is 10.1 Å². The Morgan fingerprint density at radius 1 is 1.56 bits per heavy atom. The Labute approximate surface area is 107 Å². The molecule has 1 aliphatic rings. The molecule has 1 atom stereocenters. The van der Waals surface area contributed by atoms with Crippen molar-refractivity contribution in [2.45, 2.75) is 24.9 Å². The van der Waals surface area contributed by atoms with Crippen LogP contribution in [0.15, 0.2) is 22.7 Å². The fourth-order valence-corrected chi connectivity index (χ4v) is 1.92. The van der Waals surface area contributed by atoms with Gasteiger partial charge in [0.05, 0.1) is 5.02 Å². The molecular formula is C11H11BrClNO2. The molecule has 0 aromatic heterocycles. The van der Waals surface area contributed by atoms with Crippen molar-refractivity contribution < 1.29 is 9.90 Å². The van der Waals surface area contributed by atoms with Gasteiger partial charge in [-0.15, -0.1) is 0 Å². The third-order valence-electron chi connectivity index (χ3n) is 2.50. The van der Waals surface area contributed by atoms with Gasteiger partial charge in [0, 0.05) is 10.5 Å². The van der Waals surface area contributed by atoms with Gasteiger partial charge < -0.3 is 5.11 Å². The minimum atomic E-state index is -0.870. The average Bonchev–Trinajstić information content (AvgIpc) is 3.02. The molecule has 0 aliphatic heterocycles. The van der Waals surface area contributed by atoms with E-state index in [2.05, 4.69) is 21.2 Å². The number of halogens is 2. The molecule has 86 valence electrons. The summed E-state index contributed by atoms with van der Waals surface area (Å²) < 4.78 is 0.772. The molecule has 16 heavy (non-hydrogen) atoms. The molecule has 2 rings (SSSR count). The highest BCUT2D eigenvalue weighted by molar-refractivity contribution is 9.10. The number of aliphatic carboxylic acids is 1. The number of hydrogen-bond donors (Lipinski definition) is 2. The lowest BCUT2D eigenvalue weighted by Gasteiger charge is -2.14. The Balaban J connectivity index is 2.22. The van der Waals surface area contributed by atoms with E-state index in [4.69, 9.17) is 16.7 Å². The number of hydrogen-bond acceptors (Lipinski definition) is 2. The summed E-state index contributed by atoms with van der Waals surface area (Å²) in [6.07, 6.45) is 2.10. The van der Waals surface area contributed by atoms with E-state index in [0.29, 0.717) is 16.6 Å². The summed E-state index contributed by atoms with van der Waals surface area (Å²) in [5.74, 6) is -0.870. The van der Waals surface area contributed by atoms with Gasteiger partial charge in [0.25, 0.3) is 0 Å². The number of nitrogens with one attached hydrogen (secondary N) is 1. The van der Waals surface area contributed by atoms with E-state index in [0.717, 1.165) is 17.3 Å². The van der Waals surface area contributed by atoms with Gasteiger partial charge in [0.1, 0.15) is 6.04 Å². The molecule has 2 N–H and O–H groups in total. The van der Waals surface area contributed by atoms with Crippen LogP contribution in [0.5, 0.6) is 0 Å². The van der Waals surface area contributed by atoms with E-state index in [1.165, 1.54) is 0 Å². The topological polar surface area (TPSA) is 49.3 Å². The number of benzene rings is 1. The van der Waals surface area contributed by atoms with Crippen LogP contribution in [-0.4, -0.2) is 17.1 Å². The molecule has 1 saturated carbocycles. The van der Waals surface area contributed by atoms with Gasteiger partial charge in [-0.25, -0.2) is 0 Å². The Morgan fingerprint density at radius 3 is 2.75 bits per heavy atom. The lowest BCUT2D eigenvalue weighted by molar-refractivity contribution is -0.139. The Bertz CT molecular complexity index is 420. The van der Waals surface area contributed by atoms with E-state index in [1.54, 1.807) is 18.2 Å². The number of rotatable bonds is 4. The van der Waals surface area contributed by atoms with Crippen molar-refractivity contribution in [1.29, 1.82) is 0 Å². The molecule has 0 amide bonds. The molecule has 3 nitrogen and oxygen atoms in total. The number of carboxylic acids is 1. The Hall–Kier alpha value is -0.580. The Kier molecular flexibility index (Phi) is 3.52. The second-order valence-corrected chi connectivity index (χ2v) is 5.15. The zero-order valence-electron chi connectivity index (χ0n) is 8.41. The second-order valence-electron chi connectivity index (χ2n) is 3.89. The average molecular weight is 305 g/mol. The zero-order chi connectivity index (χ0) is 11.7. The molecule has 1 aliphatic carbocycles. The maximum absolute atomic E-state index is 11.1. The highest BCUT2D eigenvalue weighted by Crippen LogP contribution is 2.29. The molecule has 0 saturated heterocycles. The van der Waals surface area contributed by atoms with Gasteiger partial charge in [-0.2, -0.15) is 0 Å². The highest BCUT2D eigenvalue weighted by atomic mass is 79.9. The van der Waals surface area contributed by atoms with Crippen molar-refractivity contribution in [3.8, 4) is 0 Å². The van der Waals surface area contributed by atoms with E-state index >= 15 is 0 Å². The van der Waals surface area contributed by atoms with Gasteiger partial charge in [-0.05, 0) is 46.5 Å². The van der Waals surface area contributed by atoms with Crippen molar-refractivity contribution in [2.75, 3.05) is 0 Å². The van der Waals surface area contributed by atoms with Crippen molar-refractivity contribution in [3.63, 3.8) is 0 Å². The van der Waals surface area contributed by atoms with Crippen LogP contribution >= 0.6 is 27.5 Å². The lowest BCUT2D eigenvalue weighted by atomic mass is 10.1. The Morgan fingerprint density at radius 2 is 2.25 bits per heavy atom. The minimum Gasteiger partial charge on any atom is -0.480 e. The predicted octanol–water partition coefficient (Wildman–Crippen LogP) is 2.98. The van der Waals surface area contributed by atoms with Crippen LogP contribution < -0.4 is 5.32 Å². The summed E-state index contributed by atoms with van der Waals surface area (Å²) in [5, 5.41) is 12.8. The van der Waals surface area contributed by atoms with E-state index in [1.807, 2.05) is 0 Å². The van der Waals surface area contributed by atoms with Gasteiger partial charge in [-0.1, -0.05) is 17.7 Å². The maximum atomic E-state index is 11.1. The smallest absolute Gasteiger partial charge is 0.325 e. The zero-order valence-corrected chi connectivity index (χ0v) is 10.8. The monoisotopic (exact) mass is 303 g/mol. The van der Waals surface area contributed by atoms with Crippen LogP contribution in [0.4, 0.5) is 0 Å². The van der Waals surface area contributed by atoms with E-state index < -0.39 is 12.0 Å². The molecule has 0 radical (unpaired) electrons. The van der Waals surface area contributed by atoms with Gasteiger partial charge in [0.15, 0.2) is 0 Å². The van der Waals surface area contributed by atoms with Crippen LogP contribution in [0, 0.1) is 0 Å². The fourth-order valence-electron chi connectivity index (χ4n) is 1.49. The summed E-state index contributed by atoms with van der Waals surface area (Å²) in [6.45, 7) is 0. The van der Waals surface area contributed by atoms with Crippen LogP contribution in [0.3, 0.4) is 0 Å². The van der Waals surface area contributed by atoms with E-state index in [-0.39, 0.29) is 0 Å². The molecule has 1 unspecified atom stereocenters. The molecule has 1 aromatic carbocycles. The first-order valence-electron chi connectivity index (χ1n) is 5.01. The van der Waals surface area contributed by atoms with E-state index in [9.17, 15) is 4.79 Å². The molecule has 0 spiro atoms. The van der Waals surface area contributed by atoms with Crippen molar-refractivity contribution in [1.82, 2.24) is 5.32 Å². The summed E-state index contributed by atoms with van der Waals surface area (Å²) in [6, 6.07) is 4.88. The van der Waals surface area contributed by atoms with Crippen molar-refractivity contribution in [3.05, 3.63) is 33.3 Å². The highest BCUT2D eigenvalue weighted by Gasteiger charge is 2.29. The summed E-state index contributed by atoms with van der Waals surface area (Å²) in [7, 11) is 0. The van der Waals surface area contributed by atoms with Crippen molar-refractivity contribution in [2.24, 2.45) is 0 Å². The lowest BCUT2D eigenvalue weighted by Crippen LogP contribution is -2.30. The molecule has 5 heteroatoms. The SMILES string of the molecule is O=C(O)C(NC1CC1)c1ccc(Br)c(Cl)c1. The van der Waals surface area contributed by atoms with Gasteiger partial charge >= 0.3 is 5.97 Å². The van der Waals surface area contributed by atoms with Crippen molar-refractivity contribution >= 4 is 33.5 Å². The summed E-state index contributed by atoms with van der Waals surface area (Å²) in [5.41, 5.74) is 0.688. The fraction of sp³-hybridized carbons (Fsp3) is 0.364. The molecule has 0 bridgehead atoms. The first kappa shape index (κ1) is 11.9. The van der Waals surface area contributed by atoms with Crippen LogP contribution in [-0.2, 0) is 4.79 Å². The molecule has 0 heterocycles. The van der Waals surface area contributed by atoms with Crippen LogP contribution in [0.25, 0.3) is 0 Å². The number of carbonyl (C=O) groups is 1. The minimum absolute atomic E-state index is 0.337. The summed E-state index contributed by atoms with van der Waals surface area (Å²) in [4.78, 5) is 11.1. The molecule has 1 fully saturated rings. The molecular weight excluding hydrogens is 293 g/mol. The first-order chi connectivity index (χ1) is 7.58. The standard InChI is InChI=1S/C11H11BrClNO2/c12-8-4-1-6(5-9(8)13)10(11(15)16)14-7-2-3-7/h1,4-5,7,10,14H,2-3H2,(H,15,16). The van der Waals surface area contributed by atoms with Gasteiger partial charge in [0.2, 0.25) is 0 Å². The second kappa shape index (κ2) is 4.73. The number of carboxylic acid groups (broad SMARTS) is 1. The van der Waals surface area contributed by atoms with Crippen LogP contribution in [0.2, 0.25) is 5.02 Å². The summed E-state index contributed by atoms with van der Waals surface area (Å²) >= 11 is 9.23. The normalized spacial score (nSPS) is 17.1. The molecule has 1 aromatic rings. The quantitative estimate of drug-likeness (QED) is 0.899. The predicted molar refractivity (Wildman–Crippen MR) is 65.7 cm³/mol.